The summed E-state index contributed by atoms with van der Waals surface area (Å²) >= 11 is 2.33. The quantitative estimate of drug-likeness (QED) is 0.0440. The standard InChI is InChI=1S/C71H135IO13Si5/c1-47-39-52(29-32-57-48(2)40-53(77-57)31-34-62-74-37-38-75-62)78-60(49(47)3)45-61-50(42-55(79-61)44-56(82-87(21,22)68(7,8)9)46-76-86(19,20)67(4,5)6)41-51(73)43-54-30-33-58-63(80-54)65(84-89(25,26)70(13,14)15)66(85-90(27,28)71(16,17)18)64(81-58)59(35-36-72)83-88(23,24)69(10,11)12/h35-36,47-48,50,52-66H,3,29-34,37-46H2,1-2,4-28H3/b36-35+/t47-,48?,50+,52-,53-,54+,55-,56-,57-,58-,59-,60+,61-,63?,64?,65?,66?/m0/s1. The Bertz CT molecular complexity index is 2330. The molecular weight excluding hydrogens is 1330 g/mol. The van der Waals surface area contributed by atoms with Crippen LogP contribution in [-0.2, 0) is 60.1 Å². The van der Waals surface area contributed by atoms with Crippen LogP contribution in [0.5, 0.6) is 0 Å². The van der Waals surface area contributed by atoms with Crippen LogP contribution < -0.4 is 0 Å². The smallest absolute Gasteiger partial charge is 0.193 e. The summed E-state index contributed by atoms with van der Waals surface area (Å²) < 4.78 is 86.9. The van der Waals surface area contributed by atoms with E-state index in [9.17, 15) is 0 Å². The van der Waals surface area contributed by atoms with Gasteiger partial charge in [0.1, 0.15) is 30.2 Å². The molecular formula is C71H135IO13Si5. The maximum atomic E-state index is 15.2. The van der Waals surface area contributed by atoms with Crippen molar-refractivity contribution in [2.75, 3.05) is 19.8 Å². The topological polar surface area (TPSA) is 128 Å². The van der Waals surface area contributed by atoms with Gasteiger partial charge in [0.2, 0.25) is 0 Å². The van der Waals surface area contributed by atoms with E-state index >= 15 is 4.79 Å². The number of fused-ring (bicyclic) bond motifs is 1. The molecule has 90 heavy (non-hydrogen) atoms. The van der Waals surface area contributed by atoms with Crippen molar-refractivity contribution in [1.82, 2.24) is 0 Å². The Morgan fingerprint density at radius 1 is 0.589 bits per heavy atom. The third-order valence-corrected chi connectivity index (χ3v) is 46.9. The minimum Gasteiger partial charge on any atom is -0.414 e. The van der Waals surface area contributed by atoms with Crippen LogP contribution in [0.4, 0.5) is 0 Å². The van der Waals surface area contributed by atoms with Gasteiger partial charge in [0, 0.05) is 32.1 Å². The Labute approximate surface area is 569 Å². The molecule has 0 radical (unpaired) electrons. The zero-order chi connectivity index (χ0) is 67.8. The monoisotopic (exact) mass is 1460 g/mol. The van der Waals surface area contributed by atoms with Crippen molar-refractivity contribution in [2.24, 2.45) is 17.8 Å². The number of hydrogen-bond acceptors (Lipinski definition) is 13. The van der Waals surface area contributed by atoms with E-state index in [1.807, 2.05) is 0 Å². The third kappa shape index (κ3) is 20.8. The van der Waals surface area contributed by atoms with Crippen LogP contribution in [0, 0.1) is 17.8 Å². The van der Waals surface area contributed by atoms with E-state index in [-0.39, 0.29) is 104 Å². The third-order valence-electron chi connectivity index (χ3n) is 24.0. The molecule has 0 bridgehead atoms. The molecule has 6 saturated heterocycles. The maximum absolute atomic E-state index is 15.2. The van der Waals surface area contributed by atoms with E-state index in [0.717, 1.165) is 56.9 Å². The van der Waals surface area contributed by atoms with Gasteiger partial charge in [0.25, 0.3) is 0 Å². The first kappa shape index (κ1) is 79.5. The molecule has 6 aliphatic rings. The highest BCUT2D eigenvalue weighted by Crippen LogP contribution is 2.49. The molecule has 0 aliphatic carbocycles. The van der Waals surface area contributed by atoms with Gasteiger partial charge >= 0.3 is 0 Å². The first-order valence-corrected chi connectivity index (χ1v) is 51.2. The van der Waals surface area contributed by atoms with Gasteiger partial charge in [-0.1, -0.05) is 147 Å². The van der Waals surface area contributed by atoms with Crippen molar-refractivity contribution >= 4 is 70.0 Å². The van der Waals surface area contributed by atoms with E-state index in [2.05, 4.69) is 216 Å². The Morgan fingerprint density at radius 3 is 1.69 bits per heavy atom. The highest BCUT2D eigenvalue weighted by molar-refractivity contribution is 14.1. The molecule has 17 atom stereocenters. The van der Waals surface area contributed by atoms with Gasteiger partial charge in [0.05, 0.1) is 80.9 Å². The summed E-state index contributed by atoms with van der Waals surface area (Å²) in [6.07, 6.45) is 9.23. The normalized spacial score (nSPS) is 32.7. The highest BCUT2D eigenvalue weighted by Gasteiger charge is 2.58. The van der Waals surface area contributed by atoms with Crippen LogP contribution in [0.25, 0.3) is 0 Å². The molecule has 0 aromatic rings. The number of ketones is 1. The number of hydrogen-bond donors (Lipinski definition) is 0. The molecule has 19 heteroatoms. The zero-order valence-electron chi connectivity index (χ0n) is 62.3. The van der Waals surface area contributed by atoms with E-state index in [1.54, 1.807) is 0 Å². The van der Waals surface area contributed by atoms with Crippen LogP contribution in [0.3, 0.4) is 0 Å². The average Bonchev–Trinajstić information content (AvgIpc) is 0.994. The minimum absolute atomic E-state index is 0.0154. The molecule has 6 rings (SSSR count). The van der Waals surface area contributed by atoms with Crippen LogP contribution in [0.2, 0.25) is 90.7 Å². The first-order valence-electron chi connectivity index (χ1n) is 35.4. The number of carbonyl (C=O) groups is 1. The highest BCUT2D eigenvalue weighted by atomic mass is 127. The summed E-state index contributed by atoms with van der Waals surface area (Å²) in [6, 6.07) is 0. The molecule has 6 heterocycles. The van der Waals surface area contributed by atoms with Crippen molar-refractivity contribution in [3.05, 3.63) is 22.3 Å². The number of carbonyl (C=O) groups excluding carboxylic acids is 1. The Balaban J connectivity index is 1.27. The van der Waals surface area contributed by atoms with E-state index in [1.165, 1.54) is 0 Å². The summed E-state index contributed by atoms with van der Waals surface area (Å²) in [6.45, 7) is 69.1. The molecule has 524 valence electrons. The second-order valence-corrected chi connectivity index (χ2v) is 60.9. The van der Waals surface area contributed by atoms with Crippen molar-refractivity contribution in [1.29, 1.82) is 0 Å². The van der Waals surface area contributed by atoms with Crippen molar-refractivity contribution in [3.8, 4) is 0 Å². The summed E-state index contributed by atoms with van der Waals surface area (Å²) in [5, 5.41) is -0.126. The molecule has 0 N–H and O–H groups in total. The largest absolute Gasteiger partial charge is 0.414 e. The summed E-state index contributed by atoms with van der Waals surface area (Å²) in [4.78, 5) is 15.2. The summed E-state index contributed by atoms with van der Waals surface area (Å²) in [5.74, 6) is 0.960. The van der Waals surface area contributed by atoms with Gasteiger partial charge < -0.3 is 55.3 Å². The Morgan fingerprint density at radius 2 is 1.12 bits per heavy atom. The summed E-state index contributed by atoms with van der Waals surface area (Å²) in [7, 11) is -11.6. The number of rotatable bonds is 27. The maximum Gasteiger partial charge on any atom is 0.193 e. The number of Topliss-reactive ketones (excluding diaryl/α,β-unsaturated/α-hetero) is 1. The van der Waals surface area contributed by atoms with E-state index in [0.29, 0.717) is 63.8 Å². The zero-order valence-corrected chi connectivity index (χ0v) is 69.4. The number of ether oxygens (including phenoxy) is 7. The first-order chi connectivity index (χ1) is 41.0. The lowest BCUT2D eigenvalue weighted by Gasteiger charge is -2.56. The fourth-order valence-electron chi connectivity index (χ4n) is 12.8. The SMILES string of the molecule is C=C1[C@@H](C)C[C@H](CC[C@@H]2O[C@@H](CCC3OCCO3)CC2C)O[C@@H]1C[C@@H]1O[C@H](C[C@@H](CO[Si](C)(C)C(C)(C)C)O[Si](C)(C)C(C)(C)C)C[C@H]1CC(=O)C[C@H]1CC[C@@H]2OC([C@H](/C=C/I)O[Si](C)(C)C(C)(C)C)C(O[Si](C)(C)C(C)(C)C)C(O[Si](C)(C)C(C)(C)C)C2O1. The predicted octanol–water partition coefficient (Wildman–Crippen LogP) is 18.8. The van der Waals surface area contributed by atoms with Crippen LogP contribution >= 0.6 is 22.6 Å². The van der Waals surface area contributed by atoms with Gasteiger partial charge in [-0.05, 0) is 176 Å². The van der Waals surface area contributed by atoms with Crippen molar-refractivity contribution in [3.63, 3.8) is 0 Å². The van der Waals surface area contributed by atoms with Gasteiger partial charge in [-0.3, -0.25) is 4.79 Å². The Kier molecular flexibility index (Phi) is 27.3. The fourth-order valence-corrected chi connectivity index (χ4v) is 19.5. The predicted molar refractivity (Wildman–Crippen MR) is 390 cm³/mol. The molecule has 0 aromatic carbocycles. The molecule has 5 unspecified atom stereocenters. The lowest BCUT2D eigenvalue weighted by molar-refractivity contribution is -0.266. The van der Waals surface area contributed by atoms with Crippen LogP contribution in [-0.4, -0.2) is 159 Å². The average molecular weight is 1460 g/mol. The lowest BCUT2D eigenvalue weighted by atomic mass is 9.82. The van der Waals surface area contributed by atoms with Gasteiger partial charge in [0.15, 0.2) is 47.9 Å². The molecule has 0 aromatic heterocycles. The van der Waals surface area contributed by atoms with Crippen molar-refractivity contribution in [2.45, 2.75) is 384 Å². The van der Waals surface area contributed by atoms with Gasteiger partial charge in [-0.2, -0.15) is 0 Å². The van der Waals surface area contributed by atoms with E-state index in [4.69, 9.17) is 61.9 Å². The molecule has 0 amide bonds. The second kappa shape index (κ2) is 30.9. The van der Waals surface area contributed by atoms with Crippen molar-refractivity contribution < 1.29 is 60.1 Å². The second-order valence-electron chi connectivity index (χ2n) is 36.4. The fraction of sp³-hybridized carbons (Fsp3) is 0.930. The number of halogens is 1. The molecule has 0 spiro atoms. The van der Waals surface area contributed by atoms with Gasteiger partial charge in [-0.15, -0.1) is 0 Å². The molecule has 6 aliphatic heterocycles. The lowest BCUT2D eigenvalue weighted by Crippen LogP contribution is -2.69. The Hall–Kier alpha value is 0.484. The van der Waals surface area contributed by atoms with Gasteiger partial charge in [-0.25, -0.2) is 0 Å². The molecule has 13 nitrogen and oxygen atoms in total. The van der Waals surface area contributed by atoms with E-state index < -0.39 is 66.0 Å². The molecule has 0 saturated carbocycles. The van der Waals surface area contributed by atoms with Crippen LogP contribution in [0.1, 0.15) is 201 Å². The minimum atomic E-state index is -2.47. The van der Waals surface area contributed by atoms with Crippen LogP contribution in [0.15, 0.2) is 22.3 Å². The molecule has 6 fully saturated rings. The summed E-state index contributed by atoms with van der Waals surface area (Å²) in [5.41, 5.74) is 1.13.